The average Bonchev–Trinajstić information content (AvgIpc) is 2.46. The van der Waals surface area contributed by atoms with Gasteiger partial charge in [-0.1, -0.05) is 47.3 Å². The SMILES string of the molecule is CN(C)CCC(O)(c1ccc(Br)cc1)C1CCCCC1.Cl. The Bertz CT molecular complexity index is 417. The molecule has 1 saturated carbocycles. The van der Waals surface area contributed by atoms with Crippen LogP contribution in [0.3, 0.4) is 0 Å². The molecule has 21 heavy (non-hydrogen) atoms. The van der Waals surface area contributed by atoms with Crippen molar-refractivity contribution in [3.8, 4) is 0 Å². The summed E-state index contributed by atoms with van der Waals surface area (Å²) in [7, 11) is 4.14. The zero-order chi connectivity index (χ0) is 14.6. The Morgan fingerprint density at radius 3 is 2.24 bits per heavy atom. The van der Waals surface area contributed by atoms with Crippen LogP contribution in [0.15, 0.2) is 28.7 Å². The van der Waals surface area contributed by atoms with Crippen molar-refractivity contribution in [2.75, 3.05) is 20.6 Å². The summed E-state index contributed by atoms with van der Waals surface area (Å²) in [5, 5.41) is 11.4. The number of rotatable bonds is 5. The molecule has 2 nitrogen and oxygen atoms in total. The monoisotopic (exact) mass is 375 g/mol. The normalized spacial score (nSPS) is 19.1. The van der Waals surface area contributed by atoms with Crippen LogP contribution in [0, 0.1) is 5.92 Å². The summed E-state index contributed by atoms with van der Waals surface area (Å²) in [6.45, 7) is 0.920. The summed E-state index contributed by atoms with van der Waals surface area (Å²) in [5.41, 5.74) is 0.403. The molecule has 2 rings (SSSR count). The summed E-state index contributed by atoms with van der Waals surface area (Å²) < 4.78 is 1.07. The molecule has 1 atom stereocenters. The molecule has 0 spiro atoms. The van der Waals surface area contributed by atoms with Crippen LogP contribution in [-0.2, 0) is 5.60 Å². The maximum Gasteiger partial charge on any atom is 0.0936 e. The molecule has 0 heterocycles. The lowest BCUT2D eigenvalue weighted by molar-refractivity contribution is -0.0500. The number of benzene rings is 1. The molecule has 0 aliphatic heterocycles. The minimum Gasteiger partial charge on any atom is -0.385 e. The lowest BCUT2D eigenvalue weighted by Gasteiger charge is -2.40. The van der Waals surface area contributed by atoms with Gasteiger partial charge in [-0.2, -0.15) is 0 Å². The zero-order valence-electron chi connectivity index (χ0n) is 13.0. The molecule has 0 radical (unpaired) electrons. The van der Waals surface area contributed by atoms with Crippen LogP contribution in [-0.4, -0.2) is 30.6 Å². The van der Waals surface area contributed by atoms with Gasteiger partial charge in [0, 0.05) is 11.0 Å². The van der Waals surface area contributed by atoms with Crippen LogP contribution in [0.25, 0.3) is 0 Å². The van der Waals surface area contributed by atoms with E-state index in [2.05, 4.69) is 47.1 Å². The minimum absolute atomic E-state index is 0. The van der Waals surface area contributed by atoms with E-state index in [9.17, 15) is 5.11 Å². The summed E-state index contributed by atoms with van der Waals surface area (Å²) >= 11 is 3.48. The van der Waals surface area contributed by atoms with E-state index in [0.29, 0.717) is 5.92 Å². The first-order valence-electron chi connectivity index (χ1n) is 7.65. The number of nitrogens with zero attached hydrogens (tertiary/aromatic N) is 1. The molecular formula is C17H27BrClNO. The molecule has 1 aromatic rings. The minimum atomic E-state index is -0.675. The number of halogens is 2. The van der Waals surface area contributed by atoms with Crippen LogP contribution >= 0.6 is 28.3 Å². The second-order valence-electron chi connectivity index (χ2n) is 6.32. The molecule has 1 N–H and O–H groups in total. The molecule has 0 aromatic heterocycles. The van der Waals surface area contributed by atoms with Gasteiger partial charge in [-0.05, 0) is 57.0 Å². The molecule has 1 unspecified atom stereocenters. The van der Waals surface area contributed by atoms with Gasteiger partial charge in [0.15, 0.2) is 0 Å². The molecule has 1 fully saturated rings. The fourth-order valence-corrected chi connectivity index (χ4v) is 3.56. The van der Waals surface area contributed by atoms with Gasteiger partial charge >= 0.3 is 0 Å². The quantitative estimate of drug-likeness (QED) is 0.812. The standard InChI is InChI=1S/C17H26BrNO.ClH/c1-19(2)13-12-17(20,14-6-4-3-5-7-14)15-8-10-16(18)11-9-15;/h8-11,14,20H,3-7,12-13H2,1-2H3;1H. The molecule has 0 amide bonds. The Balaban J connectivity index is 0.00000220. The fraction of sp³-hybridized carbons (Fsp3) is 0.647. The van der Waals surface area contributed by atoms with Gasteiger partial charge in [-0.15, -0.1) is 12.4 Å². The van der Waals surface area contributed by atoms with Crippen LogP contribution in [0.5, 0.6) is 0 Å². The van der Waals surface area contributed by atoms with Gasteiger partial charge in [0.1, 0.15) is 0 Å². The molecule has 1 aromatic carbocycles. The van der Waals surface area contributed by atoms with E-state index in [1.807, 2.05) is 12.1 Å². The van der Waals surface area contributed by atoms with Crippen molar-refractivity contribution in [3.05, 3.63) is 34.3 Å². The predicted octanol–water partition coefficient (Wildman–Crippen LogP) is 4.59. The molecule has 0 bridgehead atoms. The van der Waals surface area contributed by atoms with Crippen LogP contribution in [0.4, 0.5) is 0 Å². The van der Waals surface area contributed by atoms with E-state index in [0.717, 1.165) is 35.8 Å². The van der Waals surface area contributed by atoms with E-state index >= 15 is 0 Å². The smallest absolute Gasteiger partial charge is 0.0936 e. The van der Waals surface area contributed by atoms with Gasteiger partial charge < -0.3 is 10.0 Å². The largest absolute Gasteiger partial charge is 0.385 e. The summed E-state index contributed by atoms with van der Waals surface area (Å²) in [6.07, 6.45) is 6.95. The van der Waals surface area contributed by atoms with Gasteiger partial charge in [0.25, 0.3) is 0 Å². The number of aliphatic hydroxyl groups is 1. The van der Waals surface area contributed by atoms with E-state index in [1.165, 1.54) is 19.3 Å². The lowest BCUT2D eigenvalue weighted by atomic mass is 9.71. The van der Waals surface area contributed by atoms with Crippen molar-refractivity contribution in [2.45, 2.75) is 44.1 Å². The third-order valence-corrected chi connectivity index (χ3v) is 5.09. The van der Waals surface area contributed by atoms with Crippen molar-refractivity contribution in [2.24, 2.45) is 5.92 Å². The first kappa shape index (κ1) is 19.0. The van der Waals surface area contributed by atoms with E-state index < -0.39 is 5.60 Å². The second kappa shape index (κ2) is 8.52. The Morgan fingerprint density at radius 1 is 1.14 bits per heavy atom. The molecule has 120 valence electrons. The second-order valence-corrected chi connectivity index (χ2v) is 7.24. The van der Waals surface area contributed by atoms with Gasteiger partial charge in [0.05, 0.1) is 5.60 Å². The fourth-order valence-electron chi connectivity index (χ4n) is 3.30. The van der Waals surface area contributed by atoms with E-state index in [-0.39, 0.29) is 12.4 Å². The summed E-state index contributed by atoms with van der Waals surface area (Å²) in [5.74, 6) is 0.400. The van der Waals surface area contributed by atoms with E-state index in [1.54, 1.807) is 0 Å². The highest BCUT2D eigenvalue weighted by molar-refractivity contribution is 9.10. The highest BCUT2D eigenvalue weighted by atomic mass is 79.9. The van der Waals surface area contributed by atoms with Gasteiger partial charge in [0.2, 0.25) is 0 Å². The lowest BCUT2D eigenvalue weighted by Crippen LogP contribution is -2.39. The van der Waals surface area contributed by atoms with Crippen molar-refractivity contribution in [1.82, 2.24) is 4.90 Å². The molecule has 4 heteroatoms. The van der Waals surface area contributed by atoms with Crippen molar-refractivity contribution in [1.29, 1.82) is 0 Å². The Hall–Kier alpha value is -0.0900. The predicted molar refractivity (Wildman–Crippen MR) is 95.0 cm³/mol. The maximum absolute atomic E-state index is 11.4. The van der Waals surface area contributed by atoms with Gasteiger partial charge in [-0.25, -0.2) is 0 Å². The highest BCUT2D eigenvalue weighted by Gasteiger charge is 2.38. The summed E-state index contributed by atoms with van der Waals surface area (Å²) in [6, 6.07) is 8.24. The van der Waals surface area contributed by atoms with Crippen LogP contribution in [0.2, 0.25) is 0 Å². The summed E-state index contributed by atoms with van der Waals surface area (Å²) in [4.78, 5) is 2.16. The average molecular weight is 377 g/mol. The molecule has 0 saturated heterocycles. The Labute approximate surface area is 143 Å². The maximum atomic E-state index is 11.4. The Kier molecular flexibility index (Phi) is 7.69. The first-order chi connectivity index (χ1) is 9.52. The van der Waals surface area contributed by atoms with E-state index in [4.69, 9.17) is 0 Å². The zero-order valence-corrected chi connectivity index (χ0v) is 15.4. The first-order valence-corrected chi connectivity index (χ1v) is 8.45. The van der Waals surface area contributed by atoms with Crippen molar-refractivity contribution >= 4 is 28.3 Å². The van der Waals surface area contributed by atoms with Crippen LogP contribution < -0.4 is 0 Å². The van der Waals surface area contributed by atoms with Crippen molar-refractivity contribution < 1.29 is 5.11 Å². The van der Waals surface area contributed by atoms with Crippen molar-refractivity contribution in [3.63, 3.8) is 0 Å². The number of hydrogen-bond donors (Lipinski definition) is 1. The van der Waals surface area contributed by atoms with Crippen LogP contribution in [0.1, 0.15) is 44.1 Å². The third kappa shape index (κ3) is 4.95. The topological polar surface area (TPSA) is 23.5 Å². The third-order valence-electron chi connectivity index (χ3n) is 4.56. The van der Waals surface area contributed by atoms with Gasteiger partial charge in [-0.3, -0.25) is 0 Å². The molecule has 1 aliphatic carbocycles. The highest BCUT2D eigenvalue weighted by Crippen LogP contribution is 2.41. The molecule has 1 aliphatic rings. The molecular weight excluding hydrogens is 350 g/mol. The Morgan fingerprint density at radius 2 is 1.71 bits per heavy atom. The number of hydrogen-bond acceptors (Lipinski definition) is 2.